The molecule has 2 aliphatic rings. The van der Waals surface area contributed by atoms with Crippen molar-refractivity contribution in [1.82, 2.24) is 9.62 Å². The van der Waals surface area contributed by atoms with Crippen LogP contribution in [0.1, 0.15) is 32.6 Å². The number of ether oxygens (including phenoxy) is 2. The number of rotatable bonds is 7. The number of nitrogens with one attached hydrogen (secondary N) is 1. The van der Waals surface area contributed by atoms with Gasteiger partial charge in [-0.3, -0.25) is 0 Å². The lowest BCUT2D eigenvalue weighted by Gasteiger charge is -2.33. The van der Waals surface area contributed by atoms with E-state index in [1.165, 1.54) is 6.26 Å². The van der Waals surface area contributed by atoms with Gasteiger partial charge in [-0.1, -0.05) is 6.92 Å². The van der Waals surface area contributed by atoms with Crippen molar-refractivity contribution >= 4 is 10.0 Å². The highest BCUT2D eigenvalue weighted by Crippen LogP contribution is 2.25. The third-order valence-electron chi connectivity index (χ3n) is 4.23. The molecule has 1 N–H and O–H groups in total. The Labute approximate surface area is 128 Å². The van der Waals surface area contributed by atoms with E-state index >= 15 is 0 Å². The average Bonchev–Trinajstić information content (AvgIpc) is 2.91. The van der Waals surface area contributed by atoms with Crippen LogP contribution in [0, 0.1) is 5.92 Å². The predicted octanol–water partition coefficient (Wildman–Crippen LogP) is 0.789. The summed E-state index contributed by atoms with van der Waals surface area (Å²) in [6.45, 7) is 5.65. The highest BCUT2D eigenvalue weighted by atomic mass is 32.2. The normalized spacial score (nSPS) is 27.0. The fourth-order valence-electron chi connectivity index (χ4n) is 3.25. The third-order valence-corrected chi connectivity index (χ3v) is 5.50. The number of hydrogen-bond acceptors (Lipinski definition) is 5. The lowest BCUT2D eigenvalue weighted by molar-refractivity contribution is -0.0542. The van der Waals surface area contributed by atoms with Gasteiger partial charge in [0.1, 0.15) is 0 Å². The molecular weight excluding hydrogens is 292 g/mol. The standard InChI is InChI=1S/C14H28N2O4S/c1-3-15-13(10-14-19-7-8-20-14)9-12-5-4-6-16(11-12)21(2,17)18/h12-15H,3-11H2,1-2H3. The smallest absolute Gasteiger partial charge is 0.211 e. The molecule has 2 saturated heterocycles. The fraction of sp³-hybridized carbons (Fsp3) is 1.00. The molecule has 7 heteroatoms. The van der Waals surface area contributed by atoms with Crippen LogP contribution in [0.5, 0.6) is 0 Å². The van der Waals surface area contributed by atoms with Crippen LogP contribution in [0.4, 0.5) is 0 Å². The highest BCUT2D eigenvalue weighted by molar-refractivity contribution is 7.88. The first-order chi connectivity index (χ1) is 9.99. The van der Waals surface area contributed by atoms with Crippen molar-refractivity contribution < 1.29 is 17.9 Å². The molecule has 0 amide bonds. The molecule has 21 heavy (non-hydrogen) atoms. The van der Waals surface area contributed by atoms with Gasteiger partial charge in [0, 0.05) is 25.6 Å². The Morgan fingerprint density at radius 1 is 1.29 bits per heavy atom. The molecule has 2 heterocycles. The molecule has 0 aromatic rings. The van der Waals surface area contributed by atoms with Crippen LogP contribution in [-0.4, -0.2) is 64.2 Å². The summed E-state index contributed by atoms with van der Waals surface area (Å²) in [6, 6.07) is 0.322. The second-order valence-electron chi connectivity index (χ2n) is 6.03. The maximum absolute atomic E-state index is 11.7. The molecule has 0 aliphatic carbocycles. The highest BCUT2D eigenvalue weighted by Gasteiger charge is 2.29. The largest absolute Gasteiger partial charge is 0.350 e. The van der Waals surface area contributed by atoms with Gasteiger partial charge < -0.3 is 14.8 Å². The van der Waals surface area contributed by atoms with Gasteiger partial charge in [-0.15, -0.1) is 0 Å². The van der Waals surface area contributed by atoms with E-state index in [1.54, 1.807) is 4.31 Å². The molecule has 2 fully saturated rings. The quantitative estimate of drug-likeness (QED) is 0.751. The first-order valence-electron chi connectivity index (χ1n) is 7.90. The maximum Gasteiger partial charge on any atom is 0.211 e. The van der Waals surface area contributed by atoms with Crippen molar-refractivity contribution in [2.45, 2.75) is 44.9 Å². The average molecular weight is 320 g/mol. The first-order valence-corrected chi connectivity index (χ1v) is 9.75. The summed E-state index contributed by atoms with van der Waals surface area (Å²) >= 11 is 0. The number of piperidine rings is 1. The maximum atomic E-state index is 11.7. The molecule has 0 aromatic carbocycles. The number of nitrogens with zero attached hydrogens (tertiary/aromatic N) is 1. The molecule has 6 nitrogen and oxygen atoms in total. The second kappa shape index (κ2) is 7.87. The van der Waals surface area contributed by atoms with E-state index in [-0.39, 0.29) is 6.29 Å². The minimum Gasteiger partial charge on any atom is -0.350 e. The summed E-state index contributed by atoms with van der Waals surface area (Å²) in [7, 11) is -3.07. The van der Waals surface area contributed by atoms with E-state index in [0.29, 0.717) is 38.3 Å². The van der Waals surface area contributed by atoms with Gasteiger partial charge in [-0.2, -0.15) is 0 Å². The summed E-state index contributed by atoms with van der Waals surface area (Å²) in [5, 5.41) is 3.48. The Kier molecular flexibility index (Phi) is 6.43. The Balaban J connectivity index is 1.86. The summed E-state index contributed by atoms with van der Waals surface area (Å²) < 4.78 is 36.1. The van der Waals surface area contributed by atoms with E-state index in [0.717, 1.165) is 32.2 Å². The molecule has 0 spiro atoms. The Bertz CT molecular complexity index is 409. The van der Waals surface area contributed by atoms with E-state index in [1.807, 2.05) is 0 Å². The summed E-state index contributed by atoms with van der Waals surface area (Å²) in [4.78, 5) is 0. The molecule has 0 radical (unpaired) electrons. The SMILES string of the molecule is CCNC(CC1CCCN(S(C)(=O)=O)C1)CC1OCCO1. The minimum absolute atomic E-state index is 0.108. The lowest BCUT2D eigenvalue weighted by atomic mass is 9.91. The van der Waals surface area contributed by atoms with Gasteiger partial charge >= 0.3 is 0 Å². The molecule has 2 unspecified atom stereocenters. The second-order valence-corrected chi connectivity index (χ2v) is 8.01. The van der Waals surface area contributed by atoms with Crippen LogP contribution in [0.3, 0.4) is 0 Å². The van der Waals surface area contributed by atoms with Crippen LogP contribution in [-0.2, 0) is 19.5 Å². The molecule has 124 valence electrons. The van der Waals surface area contributed by atoms with Gasteiger partial charge in [0.05, 0.1) is 19.5 Å². The third kappa shape index (κ3) is 5.49. The molecular formula is C14H28N2O4S. The number of hydrogen-bond donors (Lipinski definition) is 1. The zero-order chi connectivity index (χ0) is 15.3. The topological polar surface area (TPSA) is 67.9 Å². The van der Waals surface area contributed by atoms with E-state index in [2.05, 4.69) is 12.2 Å². The van der Waals surface area contributed by atoms with E-state index in [9.17, 15) is 8.42 Å². The monoisotopic (exact) mass is 320 g/mol. The molecule has 0 aromatic heterocycles. The summed E-state index contributed by atoms with van der Waals surface area (Å²) in [5.41, 5.74) is 0. The Morgan fingerprint density at radius 3 is 2.62 bits per heavy atom. The van der Waals surface area contributed by atoms with Gasteiger partial charge in [0.25, 0.3) is 0 Å². The minimum atomic E-state index is -3.07. The Morgan fingerprint density at radius 2 is 2.00 bits per heavy atom. The predicted molar refractivity (Wildman–Crippen MR) is 81.5 cm³/mol. The molecule has 0 saturated carbocycles. The molecule has 0 bridgehead atoms. The lowest BCUT2D eigenvalue weighted by Crippen LogP contribution is -2.42. The molecule has 2 aliphatic heterocycles. The van der Waals surface area contributed by atoms with Gasteiger partial charge in [0.15, 0.2) is 6.29 Å². The van der Waals surface area contributed by atoms with Crippen LogP contribution >= 0.6 is 0 Å². The molecule has 2 atom stereocenters. The van der Waals surface area contributed by atoms with Crippen LogP contribution in [0.2, 0.25) is 0 Å². The van der Waals surface area contributed by atoms with E-state index < -0.39 is 10.0 Å². The van der Waals surface area contributed by atoms with Gasteiger partial charge in [0.2, 0.25) is 10.0 Å². The van der Waals surface area contributed by atoms with Crippen molar-refractivity contribution in [2.75, 3.05) is 39.1 Å². The van der Waals surface area contributed by atoms with E-state index in [4.69, 9.17) is 9.47 Å². The van der Waals surface area contributed by atoms with Gasteiger partial charge in [-0.05, 0) is 31.7 Å². The van der Waals surface area contributed by atoms with Crippen molar-refractivity contribution in [3.63, 3.8) is 0 Å². The van der Waals surface area contributed by atoms with Crippen LogP contribution in [0.25, 0.3) is 0 Å². The first kappa shape index (κ1) is 17.1. The van der Waals surface area contributed by atoms with Crippen molar-refractivity contribution in [3.05, 3.63) is 0 Å². The number of sulfonamides is 1. The molecule has 2 rings (SSSR count). The van der Waals surface area contributed by atoms with Crippen molar-refractivity contribution in [3.8, 4) is 0 Å². The van der Waals surface area contributed by atoms with Crippen LogP contribution in [0.15, 0.2) is 0 Å². The van der Waals surface area contributed by atoms with Crippen LogP contribution < -0.4 is 5.32 Å². The zero-order valence-corrected chi connectivity index (χ0v) is 13.9. The summed E-state index contributed by atoms with van der Waals surface area (Å²) in [6.07, 6.45) is 5.06. The fourth-order valence-corrected chi connectivity index (χ4v) is 4.19. The zero-order valence-electron chi connectivity index (χ0n) is 13.1. The van der Waals surface area contributed by atoms with Crippen molar-refractivity contribution in [1.29, 1.82) is 0 Å². The summed E-state index contributed by atoms with van der Waals surface area (Å²) in [5.74, 6) is 0.416. The Hall–Kier alpha value is -0.210. The van der Waals surface area contributed by atoms with Gasteiger partial charge in [-0.25, -0.2) is 12.7 Å². The van der Waals surface area contributed by atoms with Crippen molar-refractivity contribution in [2.24, 2.45) is 5.92 Å².